The topological polar surface area (TPSA) is 228 Å². The van der Waals surface area contributed by atoms with Crippen molar-refractivity contribution in [3.8, 4) is 0 Å². The van der Waals surface area contributed by atoms with Crippen LogP contribution < -0.4 is 5.32 Å². The third-order valence-electron chi connectivity index (χ3n) is 14.1. The van der Waals surface area contributed by atoms with Gasteiger partial charge in [-0.2, -0.15) is 0 Å². The minimum Gasteiger partial charge on any atom is -0.394 e. The van der Waals surface area contributed by atoms with Crippen molar-refractivity contribution in [3.63, 3.8) is 0 Å². The van der Waals surface area contributed by atoms with Crippen LogP contribution in [0, 0.1) is 0 Å². The number of amides is 1. The molecule has 2 heterocycles. The molecule has 12 unspecified atom stereocenters. The van der Waals surface area contributed by atoms with Gasteiger partial charge in [0.25, 0.3) is 0 Å². The van der Waals surface area contributed by atoms with Gasteiger partial charge in [0.2, 0.25) is 5.91 Å². The van der Waals surface area contributed by atoms with Crippen LogP contribution in [0.25, 0.3) is 0 Å². The molecule has 0 aromatic carbocycles. The second-order valence-electron chi connectivity index (χ2n) is 21.1. The molecule has 9 N–H and O–H groups in total. The Kier molecular flexibility index (Phi) is 45.8. The van der Waals surface area contributed by atoms with E-state index in [1.807, 2.05) is 6.08 Å². The zero-order chi connectivity index (χ0) is 58.8. The monoisotopic (exact) mass is 1140 g/mol. The molecule has 14 heteroatoms. The maximum Gasteiger partial charge on any atom is 0.220 e. The van der Waals surface area contributed by atoms with Gasteiger partial charge in [0.05, 0.1) is 32.0 Å². The van der Waals surface area contributed by atoms with Gasteiger partial charge in [0, 0.05) is 6.42 Å². The highest BCUT2D eigenvalue weighted by atomic mass is 16.7. The molecule has 0 saturated carbocycles. The Hall–Kier alpha value is -3.87. The molecule has 0 aromatic rings. The Morgan fingerprint density at radius 3 is 1.31 bits per heavy atom. The van der Waals surface area contributed by atoms with Crippen molar-refractivity contribution in [1.82, 2.24) is 5.32 Å². The van der Waals surface area contributed by atoms with Crippen LogP contribution in [0.15, 0.2) is 134 Å². The largest absolute Gasteiger partial charge is 0.394 e. The summed E-state index contributed by atoms with van der Waals surface area (Å²) in [5.74, 6) is -0.258. The van der Waals surface area contributed by atoms with Crippen molar-refractivity contribution in [2.75, 3.05) is 19.8 Å². The molecule has 0 aliphatic carbocycles. The molecule has 12 atom stereocenters. The fraction of sp³-hybridized carbons (Fsp3) is 0.657. The average Bonchev–Trinajstić information content (AvgIpc) is 3.51. The quantitative estimate of drug-likeness (QED) is 0.0204. The van der Waals surface area contributed by atoms with E-state index in [9.17, 15) is 45.6 Å². The number of aliphatic hydroxyl groups excluding tert-OH is 8. The number of hydrogen-bond acceptors (Lipinski definition) is 13. The van der Waals surface area contributed by atoms with Crippen LogP contribution >= 0.6 is 0 Å². The molecular weight excluding hydrogens is 1030 g/mol. The second kappa shape index (κ2) is 50.6. The van der Waals surface area contributed by atoms with E-state index >= 15 is 0 Å². The Morgan fingerprint density at radius 1 is 0.457 bits per heavy atom. The lowest BCUT2D eigenvalue weighted by Gasteiger charge is -2.46. The highest BCUT2D eigenvalue weighted by Gasteiger charge is 2.51. The predicted molar refractivity (Wildman–Crippen MR) is 327 cm³/mol. The molecule has 460 valence electrons. The number of nitrogens with one attached hydrogen (secondary N) is 1. The van der Waals surface area contributed by atoms with E-state index in [2.05, 4.69) is 141 Å². The van der Waals surface area contributed by atoms with Crippen molar-refractivity contribution < 1.29 is 64.6 Å². The van der Waals surface area contributed by atoms with Crippen molar-refractivity contribution >= 4 is 5.91 Å². The minimum atomic E-state index is -1.79. The normalized spacial score (nSPS) is 25.1. The maximum absolute atomic E-state index is 13.2. The number of unbranched alkanes of at least 4 members (excludes halogenated alkanes) is 14. The van der Waals surface area contributed by atoms with Crippen molar-refractivity contribution in [1.29, 1.82) is 0 Å². The summed E-state index contributed by atoms with van der Waals surface area (Å²) in [6, 6.07) is -0.926. The SMILES string of the molecule is CC/C=C\C/C=C\C/C=C\C/C=C\C/C=C\C/C=C\C/C=C\C/C=C\C/C=C\C/C=C\CCCCCCCCCCC(=O)NC(COC1OC(CO)C(OC2OC(CO)C(O)C(O)C2O)C(O)C1O)C(O)/C=C/CCCCCCCC. The highest BCUT2D eigenvalue weighted by molar-refractivity contribution is 5.76. The lowest BCUT2D eigenvalue weighted by Crippen LogP contribution is -2.65. The van der Waals surface area contributed by atoms with E-state index in [1.54, 1.807) is 6.08 Å². The molecular formula is C67H109NO13. The van der Waals surface area contributed by atoms with Gasteiger partial charge in [-0.15, -0.1) is 0 Å². The summed E-state index contributed by atoms with van der Waals surface area (Å²) in [5.41, 5.74) is 0. The van der Waals surface area contributed by atoms with Gasteiger partial charge in [0.1, 0.15) is 48.8 Å². The van der Waals surface area contributed by atoms with Crippen molar-refractivity contribution in [2.45, 2.75) is 261 Å². The van der Waals surface area contributed by atoms with Crippen LogP contribution in [-0.4, -0.2) is 140 Å². The van der Waals surface area contributed by atoms with Crippen LogP contribution in [0.3, 0.4) is 0 Å². The number of ether oxygens (including phenoxy) is 4. The second-order valence-corrected chi connectivity index (χ2v) is 21.1. The lowest BCUT2D eigenvalue weighted by molar-refractivity contribution is -0.359. The number of rotatable bonds is 47. The summed E-state index contributed by atoms with van der Waals surface area (Å²) < 4.78 is 22.7. The van der Waals surface area contributed by atoms with Crippen LogP contribution in [0.1, 0.15) is 187 Å². The van der Waals surface area contributed by atoms with Gasteiger partial charge >= 0.3 is 0 Å². The van der Waals surface area contributed by atoms with Crippen LogP contribution in [-0.2, 0) is 23.7 Å². The molecule has 2 aliphatic rings. The zero-order valence-electron chi connectivity index (χ0n) is 49.5. The fourth-order valence-electron chi connectivity index (χ4n) is 9.14. The molecule has 2 aliphatic heterocycles. The first-order valence-electron chi connectivity index (χ1n) is 30.9. The molecule has 2 rings (SSSR count). The van der Waals surface area contributed by atoms with Gasteiger partial charge in [-0.1, -0.05) is 218 Å². The Bertz CT molecular complexity index is 1870. The zero-order valence-corrected chi connectivity index (χ0v) is 49.5. The smallest absolute Gasteiger partial charge is 0.220 e. The number of hydrogen-bond donors (Lipinski definition) is 9. The first-order valence-corrected chi connectivity index (χ1v) is 30.9. The van der Waals surface area contributed by atoms with E-state index in [-0.39, 0.29) is 18.9 Å². The number of carbonyl (C=O) groups excluding carboxylic acids is 1. The molecule has 2 fully saturated rings. The summed E-state index contributed by atoms with van der Waals surface area (Å²) in [5, 5.41) is 86.7. The van der Waals surface area contributed by atoms with E-state index in [0.717, 1.165) is 122 Å². The third kappa shape index (κ3) is 35.8. The molecule has 81 heavy (non-hydrogen) atoms. The maximum atomic E-state index is 13.2. The Labute approximate surface area is 488 Å². The summed E-state index contributed by atoms with van der Waals surface area (Å²) in [7, 11) is 0. The van der Waals surface area contributed by atoms with E-state index in [0.29, 0.717) is 6.42 Å². The molecule has 0 bridgehead atoms. The Balaban J connectivity index is 1.60. The molecule has 0 radical (unpaired) electrons. The molecule has 14 nitrogen and oxygen atoms in total. The van der Waals surface area contributed by atoms with Gasteiger partial charge < -0.3 is 65.1 Å². The van der Waals surface area contributed by atoms with E-state index in [4.69, 9.17) is 18.9 Å². The van der Waals surface area contributed by atoms with Crippen LogP contribution in [0.5, 0.6) is 0 Å². The molecule has 2 saturated heterocycles. The van der Waals surface area contributed by atoms with Gasteiger partial charge in [0.15, 0.2) is 12.6 Å². The van der Waals surface area contributed by atoms with Crippen molar-refractivity contribution in [2.24, 2.45) is 0 Å². The van der Waals surface area contributed by atoms with Crippen molar-refractivity contribution in [3.05, 3.63) is 134 Å². The summed E-state index contributed by atoms with van der Waals surface area (Å²) in [6.45, 7) is 2.59. The standard InChI is InChI=1S/C67H109NO13/c1-3-5-7-9-11-13-14-15-16-17-18-19-20-21-22-23-24-25-26-27-28-29-30-31-32-33-34-35-36-37-38-39-40-41-42-43-45-47-49-51-59(72)68-55(56(71)50-48-46-44-12-10-8-6-4-2)54-78-66-64(77)62(75)65(58(53-70)80-66)81-67-63(76)61(74)60(73)57(52-69)79-67/h5,7,11,13,15-16,18-19,21-22,24-25,27-28,30-31,33-34,36-37,48,50,55-58,60-67,69-71,73-77H,3-4,6,8-10,12,14,17,20,23,26,29,32,35,38-47,49,51-54H2,1-2H3,(H,68,72)/b7-5-,13-11-,16-15-,19-18-,22-21-,25-24-,28-27-,31-30-,34-33-,37-36-,50-48+. The average molecular weight is 1140 g/mol. The summed E-state index contributed by atoms with van der Waals surface area (Å²) in [4.78, 5) is 13.2. The van der Waals surface area contributed by atoms with E-state index in [1.165, 1.54) is 38.5 Å². The third-order valence-corrected chi connectivity index (χ3v) is 14.1. The predicted octanol–water partition coefficient (Wildman–Crippen LogP) is 11.2. The lowest BCUT2D eigenvalue weighted by atomic mass is 9.97. The highest BCUT2D eigenvalue weighted by Crippen LogP contribution is 2.30. The van der Waals surface area contributed by atoms with E-state index < -0.39 is 86.8 Å². The molecule has 0 spiro atoms. The van der Waals surface area contributed by atoms with Crippen LogP contribution in [0.2, 0.25) is 0 Å². The number of carbonyl (C=O) groups is 1. The Morgan fingerprint density at radius 2 is 0.852 bits per heavy atom. The molecule has 1 amide bonds. The number of aliphatic hydroxyl groups is 8. The minimum absolute atomic E-state index is 0.258. The van der Waals surface area contributed by atoms with Gasteiger partial charge in [-0.25, -0.2) is 0 Å². The first-order chi connectivity index (χ1) is 39.6. The van der Waals surface area contributed by atoms with Gasteiger partial charge in [-0.3, -0.25) is 4.79 Å². The summed E-state index contributed by atoms with van der Waals surface area (Å²) in [6.07, 6.45) is 58.2. The number of allylic oxidation sites excluding steroid dienone is 21. The molecule has 0 aromatic heterocycles. The first kappa shape index (κ1) is 73.2. The van der Waals surface area contributed by atoms with Crippen LogP contribution in [0.4, 0.5) is 0 Å². The summed E-state index contributed by atoms with van der Waals surface area (Å²) >= 11 is 0. The fourth-order valence-corrected chi connectivity index (χ4v) is 9.14. The van der Waals surface area contributed by atoms with Gasteiger partial charge in [-0.05, 0) is 96.3 Å².